The van der Waals surface area contributed by atoms with E-state index in [0.717, 1.165) is 6.54 Å². The lowest BCUT2D eigenvalue weighted by Gasteiger charge is -2.13. The summed E-state index contributed by atoms with van der Waals surface area (Å²) in [5, 5.41) is 3.94. The molecule has 0 saturated heterocycles. The van der Waals surface area contributed by atoms with Gasteiger partial charge in [0.1, 0.15) is 0 Å². The smallest absolute Gasteiger partial charge is 0.0316 e. The van der Waals surface area contributed by atoms with E-state index in [2.05, 4.69) is 80.7 Å². The molecule has 2 heteroatoms. The highest BCUT2D eigenvalue weighted by Gasteiger charge is 2.07. The Morgan fingerprint density at radius 1 is 0.950 bits per heavy atom. The molecule has 0 fully saturated rings. The molecule has 1 N–H and O–H groups in total. The molecule has 2 aromatic rings. The van der Waals surface area contributed by atoms with Crippen molar-refractivity contribution in [2.45, 2.75) is 43.5 Å². The van der Waals surface area contributed by atoms with E-state index in [4.69, 9.17) is 0 Å². The van der Waals surface area contributed by atoms with Crippen molar-refractivity contribution in [3.8, 4) is 0 Å². The van der Waals surface area contributed by atoms with Crippen LogP contribution in [0.3, 0.4) is 0 Å². The molecule has 20 heavy (non-hydrogen) atoms. The first kappa shape index (κ1) is 15.1. The SMILES string of the molecule is CC(C)NCc1cccc(SC(C)c2ccccc2)c1. The van der Waals surface area contributed by atoms with Gasteiger partial charge in [0.25, 0.3) is 0 Å². The first-order valence-electron chi connectivity index (χ1n) is 7.19. The van der Waals surface area contributed by atoms with E-state index in [-0.39, 0.29) is 0 Å². The first-order chi connectivity index (χ1) is 9.65. The summed E-state index contributed by atoms with van der Waals surface area (Å²) in [6, 6.07) is 20.0. The topological polar surface area (TPSA) is 12.0 Å². The number of hydrogen-bond donors (Lipinski definition) is 1. The number of hydrogen-bond acceptors (Lipinski definition) is 2. The predicted molar refractivity (Wildman–Crippen MR) is 89.1 cm³/mol. The molecule has 1 unspecified atom stereocenters. The second kappa shape index (κ2) is 7.51. The third kappa shape index (κ3) is 4.69. The van der Waals surface area contributed by atoms with Crippen molar-refractivity contribution in [3.05, 3.63) is 65.7 Å². The molecule has 0 radical (unpaired) electrons. The molecule has 0 aliphatic heterocycles. The van der Waals surface area contributed by atoms with Crippen LogP contribution in [0.2, 0.25) is 0 Å². The standard InChI is InChI=1S/C18H23NS/c1-14(2)19-13-16-8-7-11-18(12-16)20-15(3)17-9-5-4-6-10-17/h4-12,14-15,19H,13H2,1-3H3. The fourth-order valence-electron chi connectivity index (χ4n) is 2.05. The number of benzene rings is 2. The molecular formula is C18H23NS. The molecule has 2 aromatic carbocycles. The maximum Gasteiger partial charge on any atom is 0.0316 e. The van der Waals surface area contributed by atoms with Crippen molar-refractivity contribution in [1.82, 2.24) is 5.32 Å². The summed E-state index contributed by atoms with van der Waals surface area (Å²) in [4.78, 5) is 1.34. The minimum Gasteiger partial charge on any atom is -0.310 e. The van der Waals surface area contributed by atoms with Crippen LogP contribution < -0.4 is 5.32 Å². The van der Waals surface area contributed by atoms with E-state index >= 15 is 0 Å². The molecule has 0 aliphatic carbocycles. The zero-order valence-electron chi connectivity index (χ0n) is 12.5. The average molecular weight is 285 g/mol. The summed E-state index contributed by atoms with van der Waals surface area (Å²) in [6.07, 6.45) is 0. The van der Waals surface area contributed by atoms with Crippen LogP contribution in [0.15, 0.2) is 59.5 Å². The Kier molecular flexibility index (Phi) is 5.69. The van der Waals surface area contributed by atoms with E-state index in [1.165, 1.54) is 16.0 Å². The minimum absolute atomic E-state index is 0.476. The molecule has 1 atom stereocenters. The summed E-state index contributed by atoms with van der Waals surface area (Å²) in [5.74, 6) is 0. The van der Waals surface area contributed by atoms with Gasteiger partial charge in [0.05, 0.1) is 0 Å². The third-order valence-corrected chi connectivity index (χ3v) is 4.35. The summed E-state index contributed by atoms with van der Waals surface area (Å²) in [6.45, 7) is 7.55. The second-order valence-electron chi connectivity index (χ2n) is 5.35. The van der Waals surface area contributed by atoms with Gasteiger partial charge in [-0.3, -0.25) is 0 Å². The molecule has 0 heterocycles. The summed E-state index contributed by atoms with van der Waals surface area (Å²) in [5.41, 5.74) is 2.73. The van der Waals surface area contributed by atoms with Crippen LogP contribution in [0.1, 0.15) is 37.1 Å². The van der Waals surface area contributed by atoms with Gasteiger partial charge in [0.2, 0.25) is 0 Å². The Morgan fingerprint density at radius 2 is 1.70 bits per heavy atom. The van der Waals surface area contributed by atoms with E-state index in [1.54, 1.807) is 0 Å². The normalized spacial score (nSPS) is 12.6. The molecule has 0 spiro atoms. The number of thioether (sulfide) groups is 1. The van der Waals surface area contributed by atoms with Crippen molar-refractivity contribution in [2.24, 2.45) is 0 Å². The molecule has 106 valence electrons. The monoisotopic (exact) mass is 285 g/mol. The first-order valence-corrected chi connectivity index (χ1v) is 8.07. The van der Waals surface area contributed by atoms with Crippen LogP contribution in [-0.4, -0.2) is 6.04 Å². The van der Waals surface area contributed by atoms with Crippen LogP contribution in [0, 0.1) is 0 Å². The van der Waals surface area contributed by atoms with Gasteiger partial charge < -0.3 is 5.32 Å². The number of nitrogens with one attached hydrogen (secondary N) is 1. The zero-order valence-corrected chi connectivity index (χ0v) is 13.3. The highest BCUT2D eigenvalue weighted by Crippen LogP contribution is 2.34. The van der Waals surface area contributed by atoms with Gasteiger partial charge in [0.15, 0.2) is 0 Å². The van der Waals surface area contributed by atoms with Crippen LogP contribution in [0.25, 0.3) is 0 Å². The van der Waals surface area contributed by atoms with Crippen LogP contribution in [-0.2, 0) is 6.54 Å². The second-order valence-corrected chi connectivity index (χ2v) is 6.77. The van der Waals surface area contributed by atoms with Gasteiger partial charge in [-0.05, 0) is 30.2 Å². The lowest BCUT2D eigenvalue weighted by molar-refractivity contribution is 0.588. The summed E-state index contributed by atoms with van der Waals surface area (Å²) in [7, 11) is 0. The Balaban J connectivity index is 2.00. The maximum atomic E-state index is 3.46. The van der Waals surface area contributed by atoms with Crippen molar-refractivity contribution in [2.75, 3.05) is 0 Å². The van der Waals surface area contributed by atoms with Gasteiger partial charge in [-0.15, -0.1) is 11.8 Å². The van der Waals surface area contributed by atoms with Crippen molar-refractivity contribution in [1.29, 1.82) is 0 Å². The quantitative estimate of drug-likeness (QED) is 0.746. The zero-order chi connectivity index (χ0) is 14.4. The van der Waals surface area contributed by atoms with Crippen molar-refractivity contribution < 1.29 is 0 Å². The third-order valence-electron chi connectivity index (χ3n) is 3.19. The largest absolute Gasteiger partial charge is 0.310 e. The molecule has 0 bridgehead atoms. The lowest BCUT2D eigenvalue weighted by Crippen LogP contribution is -2.21. The van der Waals surface area contributed by atoms with Gasteiger partial charge in [-0.1, -0.05) is 56.3 Å². The Hall–Kier alpha value is -1.25. The van der Waals surface area contributed by atoms with E-state index < -0.39 is 0 Å². The van der Waals surface area contributed by atoms with E-state index in [0.29, 0.717) is 11.3 Å². The summed E-state index contributed by atoms with van der Waals surface area (Å²) < 4.78 is 0. The molecule has 0 aromatic heterocycles. The minimum atomic E-state index is 0.476. The predicted octanol–water partition coefficient (Wildman–Crippen LogP) is 5.04. The maximum absolute atomic E-state index is 3.46. The Labute approximate surface area is 126 Å². The van der Waals surface area contributed by atoms with E-state index in [1.807, 2.05) is 11.8 Å². The van der Waals surface area contributed by atoms with Crippen molar-refractivity contribution >= 4 is 11.8 Å². The van der Waals surface area contributed by atoms with E-state index in [9.17, 15) is 0 Å². The van der Waals surface area contributed by atoms with Gasteiger partial charge in [-0.2, -0.15) is 0 Å². The summed E-state index contributed by atoms with van der Waals surface area (Å²) >= 11 is 1.92. The fraction of sp³-hybridized carbons (Fsp3) is 0.333. The van der Waals surface area contributed by atoms with Crippen LogP contribution >= 0.6 is 11.8 Å². The lowest BCUT2D eigenvalue weighted by atomic mass is 10.2. The van der Waals surface area contributed by atoms with Crippen LogP contribution in [0.5, 0.6) is 0 Å². The highest BCUT2D eigenvalue weighted by molar-refractivity contribution is 7.99. The van der Waals surface area contributed by atoms with Crippen molar-refractivity contribution in [3.63, 3.8) is 0 Å². The molecule has 1 nitrogen and oxygen atoms in total. The molecule has 0 amide bonds. The number of rotatable bonds is 6. The van der Waals surface area contributed by atoms with Gasteiger partial charge >= 0.3 is 0 Å². The molecule has 0 saturated carbocycles. The Bertz CT molecular complexity index is 522. The fourth-order valence-corrected chi connectivity index (χ4v) is 3.12. The van der Waals surface area contributed by atoms with Crippen LogP contribution in [0.4, 0.5) is 0 Å². The van der Waals surface area contributed by atoms with Gasteiger partial charge in [0, 0.05) is 22.7 Å². The average Bonchev–Trinajstić information content (AvgIpc) is 2.46. The highest BCUT2D eigenvalue weighted by atomic mass is 32.2. The molecular weight excluding hydrogens is 262 g/mol. The molecule has 2 rings (SSSR count). The van der Waals surface area contributed by atoms with Gasteiger partial charge in [-0.25, -0.2) is 0 Å². The Morgan fingerprint density at radius 3 is 2.40 bits per heavy atom. The molecule has 0 aliphatic rings.